The van der Waals surface area contributed by atoms with Crippen LogP contribution in [0.4, 0.5) is 11.4 Å². The fourth-order valence-electron chi connectivity index (χ4n) is 3.69. The number of rotatable bonds is 6. The van der Waals surface area contributed by atoms with E-state index in [4.69, 9.17) is 0 Å². The highest BCUT2D eigenvalue weighted by Crippen LogP contribution is 2.31. The molecule has 0 aliphatic rings. The van der Waals surface area contributed by atoms with Gasteiger partial charge in [0, 0.05) is 23.6 Å². The van der Waals surface area contributed by atoms with E-state index in [9.17, 15) is 10.2 Å². The van der Waals surface area contributed by atoms with E-state index in [2.05, 4.69) is 37.7 Å². The Morgan fingerprint density at radius 3 is 1.44 bits per heavy atom. The second kappa shape index (κ2) is 9.82. The molecule has 0 aromatic heterocycles. The van der Waals surface area contributed by atoms with E-state index in [1.807, 2.05) is 62.4 Å². The molecule has 4 heteroatoms. The van der Waals surface area contributed by atoms with Crippen molar-refractivity contribution < 1.29 is 10.2 Å². The van der Waals surface area contributed by atoms with Gasteiger partial charge in [-0.2, -0.15) is 0 Å². The zero-order chi connectivity index (χ0) is 23.4. The first-order valence-electron chi connectivity index (χ1n) is 11.0. The van der Waals surface area contributed by atoms with Crippen LogP contribution in [0.5, 0.6) is 11.5 Å². The maximum Gasteiger partial charge on any atom is 0.127 e. The van der Waals surface area contributed by atoms with Gasteiger partial charge in [0.2, 0.25) is 0 Å². The summed E-state index contributed by atoms with van der Waals surface area (Å²) >= 11 is 0. The molecule has 4 nitrogen and oxygen atoms in total. The normalized spacial score (nSPS) is 12.0. The van der Waals surface area contributed by atoms with Gasteiger partial charge in [0.05, 0.1) is 11.4 Å². The molecule has 0 heterocycles. The van der Waals surface area contributed by atoms with Crippen molar-refractivity contribution in [1.29, 1.82) is 0 Å². The standard InChI is InChI=1S/C28H32N2O2/c1-17(2)25-12-19(5)10-21(27(25)31)15-29-23-8-7-9-24(14-23)30-16-22-11-20(6)13-26(18(3)4)28(22)32/h7-18,31-32H,1-6H3. The summed E-state index contributed by atoms with van der Waals surface area (Å²) < 4.78 is 0. The Hall–Kier alpha value is -3.40. The van der Waals surface area contributed by atoms with Crippen molar-refractivity contribution in [2.24, 2.45) is 9.98 Å². The number of phenols is 2. The van der Waals surface area contributed by atoms with E-state index >= 15 is 0 Å². The molecule has 0 saturated heterocycles. The molecule has 0 radical (unpaired) electrons. The van der Waals surface area contributed by atoms with Crippen LogP contribution in [-0.4, -0.2) is 22.6 Å². The summed E-state index contributed by atoms with van der Waals surface area (Å²) in [7, 11) is 0. The third-order valence-corrected chi connectivity index (χ3v) is 5.41. The average Bonchev–Trinajstić information content (AvgIpc) is 2.74. The number of phenolic OH excluding ortho intramolecular Hbond substituents is 2. The molecule has 0 fully saturated rings. The van der Waals surface area contributed by atoms with Crippen molar-refractivity contribution in [3.63, 3.8) is 0 Å². The summed E-state index contributed by atoms with van der Waals surface area (Å²) in [4.78, 5) is 9.11. The first-order valence-corrected chi connectivity index (χ1v) is 11.0. The van der Waals surface area contributed by atoms with Crippen molar-refractivity contribution >= 4 is 23.8 Å². The number of aromatic hydroxyl groups is 2. The largest absolute Gasteiger partial charge is 0.507 e. The summed E-state index contributed by atoms with van der Waals surface area (Å²) in [5.74, 6) is 1.02. The fourth-order valence-corrected chi connectivity index (χ4v) is 3.69. The van der Waals surface area contributed by atoms with Crippen molar-refractivity contribution in [2.75, 3.05) is 0 Å². The Kier molecular flexibility index (Phi) is 7.14. The second-order valence-corrected chi connectivity index (χ2v) is 8.93. The van der Waals surface area contributed by atoms with Gasteiger partial charge in [-0.25, -0.2) is 0 Å². The number of aliphatic imine (C=N–C) groups is 2. The van der Waals surface area contributed by atoms with Crippen LogP contribution in [0, 0.1) is 13.8 Å². The average molecular weight is 429 g/mol. The number of aryl methyl sites for hydroxylation is 2. The van der Waals surface area contributed by atoms with Gasteiger partial charge < -0.3 is 10.2 Å². The van der Waals surface area contributed by atoms with Gasteiger partial charge in [0.15, 0.2) is 0 Å². The SMILES string of the molecule is Cc1cc(C=Nc2cccc(N=Cc3cc(C)cc(C(C)C)c3O)c2)c(O)c(C(C)C)c1. The summed E-state index contributed by atoms with van der Waals surface area (Å²) in [5.41, 5.74) is 6.90. The lowest BCUT2D eigenvalue weighted by Gasteiger charge is -2.12. The van der Waals surface area contributed by atoms with E-state index in [1.165, 1.54) is 0 Å². The minimum atomic E-state index is 0.231. The summed E-state index contributed by atoms with van der Waals surface area (Å²) in [6, 6.07) is 15.4. The number of benzene rings is 3. The molecule has 0 spiro atoms. The lowest BCUT2D eigenvalue weighted by Crippen LogP contribution is -1.94. The van der Waals surface area contributed by atoms with Crippen LogP contribution < -0.4 is 0 Å². The Morgan fingerprint density at radius 2 is 1.06 bits per heavy atom. The molecule has 0 unspecified atom stereocenters. The van der Waals surface area contributed by atoms with Gasteiger partial charge in [0.1, 0.15) is 11.5 Å². The molecule has 0 bridgehead atoms. The van der Waals surface area contributed by atoms with Gasteiger partial charge in [-0.3, -0.25) is 9.98 Å². The molecular weight excluding hydrogens is 396 g/mol. The third kappa shape index (κ3) is 5.44. The van der Waals surface area contributed by atoms with Crippen molar-refractivity contribution in [1.82, 2.24) is 0 Å². The van der Waals surface area contributed by atoms with Crippen molar-refractivity contribution in [3.05, 3.63) is 81.9 Å². The molecule has 0 amide bonds. The van der Waals surface area contributed by atoms with Crippen molar-refractivity contribution in [3.8, 4) is 11.5 Å². The van der Waals surface area contributed by atoms with E-state index < -0.39 is 0 Å². The smallest absolute Gasteiger partial charge is 0.127 e. The number of nitrogens with zero attached hydrogens (tertiary/aromatic N) is 2. The lowest BCUT2D eigenvalue weighted by atomic mass is 9.97. The van der Waals surface area contributed by atoms with E-state index in [-0.39, 0.29) is 23.3 Å². The maximum absolute atomic E-state index is 10.6. The Bertz CT molecular complexity index is 1090. The molecule has 3 aromatic rings. The first-order chi connectivity index (χ1) is 15.2. The molecule has 3 aromatic carbocycles. The molecule has 0 saturated carbocycles. The second-order valence-electron chi connectivity index (χ2n) is 8.93. The first kappa shape index (κ1) is 23.3. The maximum atomic E-state index is 10.6. The van der Waals surface area contributed by atoms with Crippen LogP contribution in [0.3, 0.4) is 0 Å². The minimum absolute atomic E-state index is 0.231. The van der Waals surface area contributed by atoms with Gasteiger partial charge in [-0.1, -0.05) is 45.9 Å². The van der Waals surface area contributed by atoms with Crippen LogP contribution in [0.15, 0.2) is 58.5 Å². The highest BCUT2D eigenvalue weighted by atomic mass is 16.3. The summed E-state index contributed by atoms with van der Waals surface area (Å²) in [5, 5.41) is 21.2. The van der Waals surface area contributed by atoms with E-state index in [1.54, 1.807) is 12.4 Å². The number of hydrogen-bond donors (Lipinski definition) is 2. The van der Waals surface area contributed by atoms with Crippen LogP contribution in [0.1, 0.15) is 72.9 Å². The number of hydrogen-bond acceptors (Lipinski definition) is 4. The molecular formula is C28H32N2O2. The third-order valence-electron chi connectivity index (χ3n) is 5.41. The molecule has 0 aliphatic heterocycles. The topological polar surface area (TPSA) is 65.2 Å². The van der Waals surface area contributed by atoms with Gasteiger partial charge in [-0.15, -0.1) is 0 Å². The van der Waals surface area contributed by atoms with E-state index in [0.717, 1.165) is 33.6 Å². The molecule has 3 rings (SSSR count). The molecule has 166 valence electrons. The van der Waals surface area contributed by atoms with Crippen LogP contribution in [-0.2, 0) is 0 Å². The highest BCUT2D eigenvalue weighted by molar-refractivity contribution is 5.88. The summed E-state index contributed by atoms with van der Waals surface area (Å²) in [6.45, 7) is 12.3. The zero-order valence-corrected chi connectivity index (χ0v) is 19.7. The van der Waals surface area contributed by atoms with Crippen LogP contribution >= 0.6 is 0 Å². The zero-order valence-electron chi connectivity index (χ0n) is 19.7. The Balaban J connectivity index is 1.88. The van der Waals surface area contributed by atoms with Gasteiger partial charge >= 0.3 is 0 Å². The Morgan fingerprint density at radius 1 is 0.656 bits per heavy atom. The molecule has 0 atom stereocenters. The Labute approximate surface area is 191 Å². The van der Waals surface area contributed by atoms with Gasteiger partial charge in [-0.05, 0) is 78.3 Å². The van der Waals surface area contributed by atoms with Gasteiger partial charge in [0.25, 0.3) is 0 Å². The predicted octanol–water partition coefficient (Wildman–Crippen LogP) is 7.46. The van der Waals surface area contributed by atoms with Crippen molar-refractivity contribution in [2.45, 2.75) is 53.4 Å². The molecule has 0 aliphatic carbocycles. The lowest BCUT2D eigenvalue weighted by molar-refractivity contribution is 0.463. The molecule has 2 N–H and O–H groups in total. The minimum Gasteiger partial charge on any atom is -0.507 e. The molecule has 32 heavy (non-hydrogen) atoms. The summed E-state index contributed by atoms with van der Waals surface area (Å²) in [6.07, 6.45) is 3.39. The fraction of sp³-hybridized carbons (Fsp3) is 0.286. The predicted molar refractivity (Wildman–Crippen MR) is 135 cm³/mol. The van der Waals surface area contributed by atoms with E-state index in [0.29, 0.717) is 11.1 Å². The van der Waals surface area contributed by atoms with Crippen LogP contribution in [0.25, 0.3) is 0 Å². The van der Waals surface area contributed by atoms with Crippen LogP contribution in [0.2, 0.25) is 0 Å². The monoisotopic (exact) mass is 428 g/mol. The quantitative estimate of drug-likeness (QED) is 0.400. The highest BCUT2D eigenvalue weighted by Gasteiger charge is 2.11.